The number of aromatic nitrogens is 2. The fourth-order valence-corrected chi connectivity index (χ4v) is 4.25. The van der Waals surface area contributed by atoms with E-state index in [9.17, 15) is 4.79 Å². The molecule has 3 aromatic rings. The number of rotatable bonds is 4. The van der Waals surface area contributed by atoms with Gasteiger partial charge in [0.25, 0.3) is 5.91 Å². The number of thiophene rings is 1. The molecule has 1 amide bonds. The van der Waals surface area contributed by atoms with Gasteiger partial charge in [-0.15, -0.1) is 11.3 Å². The Labute approximate surface area is 162 Å². The lowest BCUT2D eigenvalue weighted by atomic mass is 10.1. The number of nitrogens with zero attached hydrogens (tertiary/aromatic N) is 3. The van der Waals surface area contributed by atoms with Crippen molar-refractivity contribution in [3.8, 4) is 0 Å². The molecule has 1 aliphatic heterocycles. The van der Waals surface area contributed by atoms with Crippen molar-refractivity contribution in [1.29, 1.82) is 0 Å². The Kier molecular flexibility index (Phi) is 5.05. The van der Waals surface area contributed by atoms with Crippen molar-refractivity contribution in [2.24, 2.45) is 0 Å². The molecule has 1 N–H and O–H groups in total. The first-order valence-corrected chi connectivity index (χ1v) is 9.86. The monoisotopic (exact) mass is 382 g/mol. The smallest absolute Gasteiger partial charge is 0.264 e. The van der Waals surface area contributed by atoms with Crippen LogP contribution in [0.5, 0.6) is 0 Å². The maximum atomic E-state index is 12.9. The number of aryl methyl sites for hydroxylation is 1. The molecule has 0 radical (unpaired) electrons. The molecule has 140 valence electrons. The van der Waals surface area contributed by atoms with Crippen molar-refractivity contribution in [3.05, 3.63) is 47.1 Å². The lowest BCUT2D eigenvalue weighted by Gasteiger charge is -2.30. The Morgan fingerprint density at radius 1 is 1.22 bits per heavy atom. The van der Waals surface area contributed by atoms with Gasteiger partial charge in [-0.05, 0) is 38.0 Å². The van der Waals surface area contributed by atoms with Crippen LogP contribution in [0.2, 0.25) is 0 Å². The van der Waals surface area contributed by atoms with Gasteiger partial charge in [-0.2, -0.15) is 0 Å². The number of piperidine rings is 1. The van der Waals surface area contributed by atoms with Crippen molar-refractivity contribution in [2.75, 3.05) is 25.5 Å². The van der Waals surface area contributed by atoms with Crippen LogP contribution >= 0.6 is 11.3 Å². The number of fused-ring (bicyclic) bond motifs is 1. The average molecular weight is 382 g/mol. The van der Waals surface area contributed by atoms with E-state index in [4.69, 9.17) is 4.74 Å². The molecule has 1 aromatic carbocycles. The van der Waals surface area contributed by atoms with E-state index >= 15 is 0 Å². The Bertz CT molecular complexity index is 946. The quantitative estimate of drug-likeness (QED) is 0.739. The molecule has 0 saturated carbocycles. The summed E-state index contributed by atoms with van der Waals surface area (Å²) in [6.07, 6.45) is 3.56. The molecule has 1 fully saturated rings. The predicted octanol–water partition coefficient (Wildman–Crippen LogP) is 3.99. The molecule has 4 rings (SSSR count). The van der Waals surface area contributed by atoms with Crippen LogP contribution < -0.4 is 5.32 Å². The van der Waals surface area contributed by atoms with Crippen LogP contribution in [0.3, 0.4) is 0 Å². The lowest BCUT2D eigenvalue weighted by molar-refractivity contribution is 0.0353. The van der Waals surface area contributed by atoms with Crippen LogP contribution in [0.4, 0.5) is 11.5 Å². The van der Waals surface area contributed by atoms with Gasteiger partial charge in [-0.1, -0.05) is 17.7 Å². The second-order valence-corrected chi connectivity index (χ2v) is 7.80. The number of hydrogen-bond acceptors (Lipinski definition) is 6. The number of carbonyl (C=O) groups excluding carboxylic acids is 1. The summed E-state index contributed by atoms with van der Waals surface area (Å²) in [5, 5.41) is 4.21. The third kappa shape index (κ3) is 3.79. The van der Waals surface area contributed by atoms with Gasteiger partial charge in [0.15, 0.2) is 0 Å². The molecule has 6 nitrogen and oxygen atoms in total. The number of benzene rings is 1. The third-order valence-corrected chi connectivity index (χ3v) is 5.95. The molecular formula is C20H22N4O2S. The minimum atomic E-state index is 0.0637. The van der Waals surface area contributed by atoms with Crippen LogP contribution in [0.25, 0.3) is 10.2 Å². The topological polar surface area (TPSA) is 67.3 Å². The van der Waals surface area contributed by atoms with E-state index in [-0.39, 0.29) is 12.0 Å². The van der Waals surface area contributed by atoms with Gasteiger partial charge in [0, 0.05) is 25.9 Å². The van der Waals surface area contributed by atoms with E-state index < -0.39 is 0 Å². The van der Waals surface area contributed by atoms with Crippen molar-refractivity contribution in [1.82, 2.24) is 14.9 Å². The summed E-state index contributed by atoms with van der Waals surface area (Å²) in [6, 6.07) is 10.0. The first-order valence-electron chi connectivity index (χ1n) is 9.04. The molecule has 2 aromatic heterocycles. The summed E-state index contributed by atoms with van der Waals surface area (Å²) in [4.78, 5) is 25.0. The van der Waals surface area contributed by atoms with Gasteiger partial charge in [0.1, 0.15) is 17.0 Å². The van der Waals surface area contributed by atoms with Crippen molar-refractivity contribution >= 4 is 39.0 Å². The number of anilines is 2. The summed E-state index contributed by atoms with van der Waals surface area (Å²) in [5.41, 5.74) is 2.16. The first-order chi connectivity index (χ1) is 13.1. The highest BCUT2D eigenvalue weighted by Gasteiger charge is 2.25. The molecular weight excluding hydrogens is 360 g/mol. The van der Waals surface area contributed by atoms with Gasteiger partial charge in [-0.25, -0.2) is 9.97 Å². The highest BCUT2D eigenvalue weighted by Crippen LogP contribution is 2.31. The number of amides is 1. The minimum Gasteiger partial charge on any atom is -0.381 e. The molecule has 3 heterocycles. The molecule has 1 aliphatic rings. The predicted molar refractivity (Wildman–Crippen MR) is 108 cm³/mol. The standard InChI is InChI=1S/C20H22N4O2S/c1-13-3-5-14(6-4-13)23-18-16-11-17(27-19(16)22-12-21-18)20(25)24-9-7-15(26-2)8-10-24/h3-6,11-12,15H,7-10H2,1-2H3,(H,21,22,23). The Balaban J connectivity index is 1.57. The fourth-order valence-electron chi connectivity index (χ4n) is 3.28. The van der Waals surface area contributed by atoms with Gasteiger partial charge >= 0.3 is 0 Å². The maximum absolute atomic E-state index is 12.9. The lowest BCUT2D eigenvalue weighted by Crippen LogP contribution is -2.40. The molecule has 0 unspecified atom stereocenters. The molecule has 0 bridgehead atoms. The highest BCUT2D eigenvalue weighted by molar-refractivity contribution is 7.20. The number of likely N-dealkylation sites (tertiary alicyclic amines) is 1. The average Bonchev–Trinajstić information content (AvgIpc) is 3.14. The molecule has 1 saturated heterocycles. The van der Waals surface area contributed by atoms with Crippen LogP contribution in [0.1, 0.15) is 28.1 Å². The van der Waals surface area contributed by atoms with Crippen LogP contribution in [0.15, 0.2) is 36.7 Å². The van der Waals surface area contributed by atoms with Crippen molar-refractivity contribution in [2.45, 2.75) is 25.9 Å². The van der Waals surface area contributed by atoms with Crippen LogP contribution in [-0.4, -0.2) is 47.1 Å². The van der Waals surface area contributed by atoms with E-state index in [0.717, 1.165) is 47.7 Å². The second-order valence-electron chi connectivity index (χ2n) is 6.77. The summed E-state index contributed by atoms with van der Waals surface area (Å²) < 4.78 is 5.39. The molecule has 0 aliphatic carbocycles. The van der Waals surface area contributed by atoms with Crippen LogP contribution in [-0.2, 0) is 4.74 Å². The Hall–Kier alpha value is -2.51. The normalized spacial score (nSPS) is 15.3. The second kappa shape index (κ2) is 7.62. The molecule has 27 heavy (non-hydrogen) atoms. The minimum absolute atomic E-state index is 0.0637. The largest absolute Gasteiger partial charge is 0.381 e. The Morgan fingerprint density at radius 2 is 1.96 bits per heavy atom. The summed E-state index contributed by atoms with van der Waals surface area (Å²) in [6.45, 7) is 3.51. The Morgan fingerprint density at radius 3 is 2.67 bits per heavy atom. The van der Waals surface area contributed by atoms with Crippen molar-refractivity contribution in [3.63, 3.8) is 0 Å². The third-order valence-electron chi connectivity index (χ3n) is 4.92. The van der Waals surface area contributed by atoms with Crippen molar-refractivity contribution < 1.29 is 9.53 Å². The molecule has 0 spiro atoms. The highest BCUT2D eigenvalue weighted by atomic mass is 32.1. The number of methoxy groups -OCH3 is 1. The maximum Gasteiger partial charge on any atom is 0.264 e. The van der Waals surface area contributed by atoms with E-state index in [1.165, 1.54) is 23.2 Å². The number of ether oxygens (including phenoxy) is 1. The van der Waals surface area contributed by atoms with Gasteiger partial charge in [-0.3, -0.25) is 4.79 Å². The first kappa shape index (κ1) is 17.9. The number of hydrogen-bond donors (Lipinski definition) is 1. The zero-order valence-electron chi connectivity index (χ0n) is 15.4. The van der Waals surface area contributed by atoms with E-state index in [0.29, 0.717) is 4.88 Å². The van der Waals surface area contributed by atoms with E-state index in [2.05, 4.69) is 22.2 Å². The SMILES string of the molecule is COC1CCN(C(=O)c2cc3c(Nc4ccc(C)cc4)ncnc3s2)CC1. The zero-order chi connectivity index (χ0) is 18.8. The van der Waals surface area contributed by atoms with Gasteiger partial charge < -0.3 is 15.0 Å². The zero-order valence-corrected chi connectivity index (χ0v) is 16.3. The molecule has 7 heteroatoms. The summed E-state index contributed by atoms with van der Waals surface area (Å²) in [5.74, 6) is 0.783. The number of carbonyl (C=O) groups is 1. The molecule has 0 atom stereocenters. The van der Waals surface area contributed by atoms with E-state index in [1.54, 1.807) is 7.11 Å². The van der Waals surface area contributed by atoms with Crippen LogP contribution in [0, 0.1) is 6.92 Å². The number of nitrogens with one attached hydrogen (secondary N) is 1. The van der Waals surface area contributed by atoms with Gasteiger partial charge in [0.2, 0.25) is 0 Å². The van der Waals surface area contributed by atoms with E-state index in [1.807, 2.05) is 35.2 Å². The summed E-state index contributed by atoms with van der Waals surface area (Å²) >= 11 is 1.42. The summed E-state index contributed by atoms with van der Waals surface area (Å²) in [7, 11) is 1.73. The van der Waals surface area contributed by atoms with Gasteiger partial charge in [0.05, 0.1) is 16.4 Å². The fraction of sp³-hybridized carbons (Fsp3) is 0.350.